The lowest BCUT2D eigenvalue weighted by molar-refractivity contribution is -0.877. The van der Waals surface area contributed by atoms with Gasteiger partial charge in [-0.2, -0.15) is 0 Å². The van der Waals surface area contributed by atoms with E-state index < -0.39 is 40.2 Å². The van der Waals surface area contributed by atoms with Crippen molar-refractivity contribution in [2.24, 2.45) is 0 Å². The third kappa shape index (κ3) is 5.97. The van der Waals surface area contributed by atoms with Crippen LogP contribution in [0, 0.1) is 0 Å². The van der Waals surface area contributed by atoms with Crippen molar-refractivity contribution in [1.29, 1.82) is 0 Å². The molecule has 0 aromatic heterocycles. The molecule has 4 atom stereocenters. The zero-order chi connectivity index (χ0) is 28.5. The standard InChI is InChI=1S/C29H38N4O5S/c1-29(2)23(28(37)38-27(36)21(32(5)6)16-9-10-17-31(3)4)33-25(35)22(26(33)39-29)30-24(34)20-15-11-13-18-12-7-8-14-19(18)20/h7-8,11-15,21-23,26H,9-10,16-17H2,1-6H3,(H,30,34)/p+2/t21?,22-,23+,26-/m1/s1. The first-order chi connectivity index (χ1) is 18.4. The Hall–Kier alpha value is -2.95. The highest BCUT2D eigenvalue weighted by atomic mass is 32.2. The van der Waals surface area contributed by atoms with Crippen molar-refractivity contribution in [3.05, 3.63) is 48.0 Å². The van der Waals surface area contributed by atoms with Crippen LogP contribution in [0.3, 0.4) is 0 Å². The average Bonchev–Trinajstić information content (AvgIpc) is 3.13. The molecule has 0 aliphatic carbocycles. The van der Waals surface area contributed by atoms with E-state index in [0.717, 1.165) is 35.1 Å². The van der Waals surface area contributed by atoms with Crippen molar-refractivity contribution in [3.8, 4) is 0 Å². The lowest BCUT2D eigenvalue weighted by Crippen LogP contribution is -3.11. The van der Waals surface area contributed by atoms with Crippen LogP contribution in [-0.2, 0) is 19.1 Å². The summed E-state index contributed by atoms with van der Waals surface area (Å²) in [5.74, 6) is -1.95. The summed E-state index contributed by atoms with van der Waals surface area (Å²) in [4.78, 5) is 56.4. The fraction of sp³-hybridized carbons (Fsp3) is 0.517. The molecule has 2 fully saturated rings. The van der Waals surface area contributed by atoms with Crippen molar-refractivity contribution in [3.63, 3.8) is 0 Å². The van der Waals surface area contributed by atoms with Gasteiger partial charge in [0.15, 0.2) is 6.04 Å². The Morgan fingerprint density at radius 2 is 1.74 bits per heavy atom. The quantitative estimate of drug-likeness (QED) is 0.164. The third-order valence-corrected chi connectivity index (χ3v) is 9.16. The summed E-state index contributed by atoms with van der Waals surface area (Å²) in [7, 11) is 7.93. The lowest BCUT2D eigenvalue weighted by Gasteiger charge is -2.43. The highest BCUT2D eigenvalue weighted by molar-refractivity contribution is 8.01. The second-order valence-corrected chi connectivity index (χ2v) is 13.3. The van der Waals surface area contributed by atoms with Crippen molar-refractivity contribution in [1.82, 2.24) is 10.2 Å². The number of fused-ring (bicyclic) bond motifs is 2. The molecular weight excluding hydrogens is 516 g/mol. The molecule has 39 heavy (non-hydrogen) atoms. The second kappa shape index (κ2) is 11.7. The Kier molecular flexibility index (Phi) is 8.68. The van der Waals surface area contributed by atoms with Gasteiger partial charge in [0.2, 0.25) is 5.91 Å². The van der Waals surface area contributed by atoms with Gasteiger partial charge in [0.1, 0.15) is 17.5 Å². The number of thioether (sulfide) groups is 1. The number of β-lactam (4-membered cyclic amide) rings is 1. The summed E-state index contributed by atoms with van der Waals surface area (Å²) in [5, 5.41) is 4.21. The van der Waals surface area contributed by atoms with Crippen LogP contribution in [0.25, 0.3) is 10.8 Å². The zero-order valence-corrected chi connectivity index (χ0v) is 24.4. The average molecular weight is 557 g/mol. The van der Waals surface area contributed by atoms with Crippen LogP contribution in [0.5, 0.6) is 0 Å². The number of unbranched alkanes of at least 4 members (excludes halogenated alkanes) is 1. The number of carbonyl (C=O) groups is 4. The number of ether oxygens (including phenoxy) is 1. The van der Waals surface area contributed by atoms with E-state index in [0.29, 0.717) is 12.0 Å². The van der Waals surface area contributed by atoms with Gasteiger partial charge in [0, 0.05) is 16.7 Å². The van der Waals surface area contributed by atoms with Gasteiger partial charge in [-0.15, -0.1) is 11.8 Å². The number of hydrogen-bond acceptors (Lipinski definition) is 6. The van der Waals surface area contributed by atoms with E-state index in [1.165, 1.54) is 21.6 Å². The molecule has 0 spiro atoms. The van der Waals surface area contributed by atoms with Crippen LogP contribution < -0.4 is 15.1 Å². The Labute approximate surface area is 234 Å². The number of nitrogens with zero attached hydrogens (tertiary/aromatic N) is 1. The SMILES string of the molecule is C[NH+](C)CCCCC(C(=O)OC(=O)[C@@H]1N2C(=O)[C@@H](NC(=O)c3cccc4ccccc34)[C@H]2SC1(C)C)[NH+](C)C. The highest BCUT2D eigenvalue weighted by Crippen LogP contribution is 2.51. The summed E-state index contributed by atoms with van der Waals surface area (Å²) < 4.78 is 4.72. The molecule has 1 unspecified atom stereocenters. The summed E-state index contributed by atoms with van der Waals surface area (Å²) >= 11 is 1.44. The molecule has 2 saturated heterocycles. The molecular formula is C29H40N4O5S+2. The number of amides is 2. The van der Waals surface area contributed by atoms with Gasteiger partial charge in [0.25, 0.3) is 5.91 Å². The van der Waals surface area contributed by atoms with E-state index in [-0.39, 0.29) is 11.8 Å². The van der Waals surface area contributed by atoms with Gasteiger partial charge in [-0.1, -0.05) is 36.4 Å². The lowest BCUT2D eigenvalue weighted by atomic mass is 9.95. The van der Waals surface area contributed by atoms with Gasteiger partial charge >= 0.3 is 11.9 Å². The topological polar surface area (TPSA) is 102 Å². The van der Waals surface area contributed by atoms with Crippen LogP contribution in [-0.4, -0.2) is 91.6 Å². The molecule has 2 aliphatic heterocycles. The van der Waals surface area contributed by atoms with Crippen molar-refractivity contribution in [2.75, 3.05) is 34.7 Å². The van der Waals surface area contributed by atoms with Gasteiger partial charge in [-0.25, -0.2) is 9.59 Å². The predicted molar refractivity (Wildman–Crippen MR) is 151 cm³/mol. The van der Waals surface area contributed by atoms with Gasteiger partial charge in [-0.05, 0) is 43.5 Å². The minimum absolute atomic E-state index is 0.336. The number of hydrogen-bond donors (Lipinski definition) is 3. The van der Waals surface area contributed by atoms with Crippen LogP contribution in [0.15, 0.2) is 42.5 Å². The molecule has 2 heterocycles. The number of rotatable bonds is 10. The van der Waals surface area contributed by atoms with E-state index in [1.807, 2.05) is 64.3 Å². The zero-order valence-electron chi connectivity index (χ0n) is 23.6. The molecule has 0 bridgehead atoms. The van der Waals surface area contributed by atoms with E-state index in [4.69, 9.17) is 4.74 Å². The first kappa shape index (κ1) is 29.0. The molecule has 4 rings (SSSR count). The normalized spacial score (nSPS) is 22.5. The second-order valence-electron chi connectivity index (χ2n) is 11.6. The predicted octanol–water partition coefficient (Wildman–Crippen LogP) is -0.102. The highest BCUT2D eigenvalue weighted by Gasteiger charge is 2.64. The third-order valence-electron chi connectivity index (χ3n) is 7.59. The van der Waals surface area contributed by atoms with Crippen LogP contribution in [0.1, 0.15) is 43.5 Å². The van der Waals surface area contributed by atoms with E-state index in [9.17, 15) is 19.2 Å². The van der Waals surface area contributed by atoms with Crippen LogP contribution in [0.2, 0.25) is 0 Å². The molecule has 0 saturated carbocycles. The van der Waals surface area contributed by atoms with Crippen molar-refractivity contribution < 1.29 is 33.7 Å². The van der Waals surface area contributed by atoms with Crippen molar-refractivity contribution >= 4 is 46.3 Å². The van der Waals surface area contributed by atoms with Gasteiger partial charge < -0.3 is 24.8 Å². The summed E-state index contributed by atoms with van der Waals surface area (Å²) in [6.45, 7) is 4.73. The first-order valence-corrected chi connectivity index (χ1v) is 14.4. The number of carbonyl (C=O) groups excluding carboxylic acids is 4. The maximum Gasteiger partial charge on any atom is 0.372 e. The monoisotopic (exact) mass is 556 g/mol. The maximum absolute atomic E-state index is 13.3. The summed E-state index contributed by atoms with van der Waals surface area (Å²) in [5.41, 5.74) is 0.493. The number of likely N-dealkylation sites (N-methyl/N-ethyl adjacent to an activating group) is 1. The number of esters is 2. The molecule has 0 radical (unpaired) electrons. The maximum atomic E-state index is 13.3. The molecule has 2 amide bonds. The summed E-state index contributed by atoms with van der Waals surface area (Å²) in [6.07, 6.45) is 2.47. The molecule has 2 aliphatic rings. The number of nitrogens with one attached hydrogen (secondary N) is 3. The fourth-order valence-corrected chi connectivity index (χ4v) is 7.08. The minimum atomic E-state index is -0.912. The molecule has 3 N–H and O–H groups in total. The Morgan fingerprint density at radius 3 is 2.44 bits per heavy atom. The number of quaternary nitrogens is 2. The largest absolute Gasteiger partial charge is 0.387 e. The fourth-order valence-electron chi connectivity index (χ4n) is 5.46. The molecule has 10 heteroatoms. The van der Waals surface area contributed by atoms with E-state index >= 15 is 0 Å². The smallest absolute Gasteiger partial charge is 0.372 e. The summed E-state index contributed by atoms with van der Waals surface area (Å²) in [6, 6.07) is 10.9. The van der Waals surface area contributed by atoms with Crippen LogP contribution in [0.4, 0.5) is 0 Å². The molecule has 9 nitrogen and oxygen atoms in total. The Balaban J connectivity index is 1.41. The molecule has 2 aromatic carbocycles. The van der Waals surface area contributed by atoms with Gasteiger partial charge in [-0.3, -0.25) is 9.59 Å². The van der Waals surface area contributed by atoms with Crippen LogP contribution >= 0.6 is 11.8 Å². The molecule has 2 aromatic rings. The minimum Gasteiger partial charge on any atom is -0.387 e. The van der Waals surface area contributed by atoms with Gasteiger partial charge in [0.05, 0.1) is 34.7 Å². The Bertz CT molecular complexity index is 1260. The van der Waals surface area contributed by atoms with Crippen molar-refractivity contribution in [2.45, 2.75) is 61.4 Å². The first-order valence-electron chi connectivity index (χ1n) is 13.6. The molecule has 210 valence electrons. The van der Waals surface area contributed by atoms with E-state index in [1.54, 1.807) is 6.07 Å². The van der Waals surface area contributed by atoms with E-state index in [2.05, 4.69) is 19.4 Å². The number of benzene rings is 2. The Morgan fingerprint density at radius 1 is 1.05 bits per heavy atom.